The fourth-order valence-corrected chi connectivity index (χ4v) is 3.34. The first-order valence-corrected chi connectivity index (χ1v) is 8.69. The van der Waals surface area contributed by atoms with E-state index in [0.29, 0.717) is 12.6 Å². The third-order valence-electron chi connectivity index (χ3n) is 4.51. The van der Waals surface area contributed by atoms with E-state index in [9.17, 15) is 4.79 Å². The summed E-state index contributed by atoms with van der Waals surface area (Å²) in [5.41, 5.74) is -0.577. The highest BCUT2D eigenvalue weighted by molar-refractivity contribution is 5.80. The molecular weight excluding hydrogens is 264 g/mol. The lowest BCUT2D eigenvalue weighted by atomic mass is 9.92. The molecule has 1 N–H and O–H groups in total. The van der Waals surface area contributed by atoms with Gasteiger partial charge in [0, 0.05) is 6.04 Å². The van der Waals surface area contributed by atoms with Gasteiger partial charge in [0.15, 0.2) is 0 Å². The summed E-state index contributed by atoms with van der Waals surface area (Å²) < 4.78 is 5.27. The summed E-state index contributed by atoms with van der Waals surface area (Å²) in [5.74, 6) is -0.120. The zero-order valence-electron chi connectivity index (χ0n) is 14.4. The van der Waals surface area contributed by atoms with Gasteiger partial charge < -0.3 is 15.0 Å². The molecule has 0 bridgehead atoms. The third kappa shape index (κ3) is 5.95. The fourth-order valence-electron chi connectivity index (χ4n) is 3.34. The molecule has 0 aromatic rings. The summed E-state index contributed by atoms with van der Waals surface area (Å²) >= 11 is 0. The summed E-state index contributed by atoms with van der Waals surface area (Å²) in [6.45, 7) is 11.7. The Morgan fingerprint density at radius 2 is 1.76 bits per heavy atom. The van der Waals surface area contributed by atoms with Gasteiger partial charge in [-0.15, -0.1) is 0 Å². The van der Waals surface area contributed by atoms with Gasteiger partial charge in [0.05, 0.1) is 6.61 Å². The maximum Gasteiger partial charge on any atom is 0.326 e. The summed E-state index contributed by atoms with van der Waals surface area (Å²) in [5, 5.41) is 3.34. The molecule has 0 radical (unpaired) electrons. The van der Waals surface area contributed by atoms with Gasteiger partial charge in [0.25, 0.3) is 0 Å². The molecular formula is C17H34N2O2. The molecule has 124 valence electrons. The van der Waals surface area contributed by atoms with Crippen LogP contribution in [0.25, 0.3) is 0 Å². The van der Waals surface area contributed by atoms with Crippen molar-refractivity contribution in [3.63, 3.8) is 0 Å². The van der Waals surface area contributed by atoms with Crippen LogP contribution in [-0.4, -0.2) is 48.7 Å². The number of rotatable bonds is 7. The van der Waals surface area contributed by atoms with E-state index in [-0.39, 0.29) is 5.97 Å². The third-order valence-corrected chi connectivity index (χ3v) is 4.51. The molecule has 0 saturated carbocycles. The van der Waals surface area contributed by atoms with Crippen LogP contribution < -0.4 is 5.32 Å². The monoisotopic (exact) mass is 298 g/mol. The predicted octanol–water partition coefficient (Wildman–Crippen LogP) is 2.96. The lowest BCUT2D eigenvalue weighted by Gasteiger charge is -2.37. The first-order valence-electron chi connectivity index (χ1n) is 8.69. The largest absolute Gasteiger partial charge is 0.465 e. The summed E-state index contributed by atoms with van der Waals surface area (Å²) in [6, 6.07) is 0.400. The first-order chi connectivity index (χ1) is 10.0. The Bertz CT molecular complexity index is 301. The van der Waals surface area contributed by atoms with Gasteiger partial charge in [-0.2, -0.15) is 0 Å². The smallest absolute Gasteiger partial charge is 0.326 e. The number of esters is 1. The minimum Gasteiger partial charge on any atom is -0.465 e. The van der Waals surface area contributed by atoms with Crippen LogP contribution in [0.2, 0.25) is 0 Å². The van der Waals surface area contributed by atoms with Crippen molar-refractivity contribution in [3.05, 3.63) is 0 Å². The number of likely N-dealkylation sites (N-methyl/N-ethyl adjacent to an activating group) is 1. The lowest BCUT2D eigenvalue weighted by molar-refractivity contribution is -0.151. The number of hydrogen-bond acceptors (Lipinski definition) is 4. The first kappa shape index (κ1) is 18.4. The second kappa shape index (κ2) is 9.42. The molecule has 0 aliphatic carbocycles. The molecule has 0 amide bonds. The molecule has 0 spiro atoms. The molecule has 1 aliphatic heterocycles. The van der Waals surface area contributed by atoms with Crippen molar-refractivity contribution in [2.75, 3.05) is 26.2 Å². The summed E-state index contributed by atoms with van der Waals surface area (Å²) in [7, 11) is 0. The molecule has 4 heteroatoms. The molecule has 0 aromatic heterocycles. The van der Waals surface area contributed by atoms with E-state index in [4.69, 9.17) is 4.74 Å². The molecule has 1 fully saturated rings. The maximum absolute atomic E-state index is 12.3. The van der Waals surface area contributed by atoms with Crippen LogP contribution in [0.15, 0.2) is 0 Å². The number of carbonyl (C=O) groups is 1. The summed E-state index contributed by atoms with van der Waals surface area (Å²) in [6.07, 6.45) is 7.42. The Hall–Kier alpha value is -0.610. The van der Waals surface area contributed by atoms with Crippen LogP contribution in [0.1, 0.15) is 66.2 Å². The van der Waals surface area contributed by atoms with Gasteiger partial charge in [0.2, 0.25) is 0 Å². The number of hydrogen-bond donors (Lipinski definition) is 1. The van der Waals surface area contributed by atoms with E-state index >= 15 is 0 Å². The van der Waals surface area contributed by atoms with Crippen molar-refractivity contribution >= 4 is 5.97 Å². The molecule has 1 aliphatic rings. The highest BCUT2D eigenvalue weighted by atomic mass is 16.5. The Balaban J connectivity index is 2.65. The Labute approximate surface area is 130 Å². The second-order valence-electron chi connectivity index (χ2n) is 6.44. The Morgan fingerprint density at radius 1 is 1.19 bits per heavy atom. The fraction of sp³-hybridized carbons (Fsp3) is 0.941. The van der Waals surface area contributed by atoms with Crippen LogP contribution >= 0.6 is 0 Å². The average molecular weight is 298 g/mol. The van der Waals surface area contributed by atoms with Crippen molar-refractivity contribution < 1.29 is 9.53 Å². The van der Waals surface area contributed by atoms with Crippen LogP contribution in [0.3, 0.4) is 0 Å². The molecule has 0 aromatic carbocycles. The standard InChI is InChI=1S/C17H34N2O2/c1-5-18-17(4,16(20)21-6-2)14-15(3)19-12-10-8-7-9-11-13-19/h15,18H,5-14H2,1-4H3. The normalized spacial score (nSPS) is 21.9. The van der Waals surface area contributed by atoms with Gasteiger partial charge in [-0.25, -0.2) is 0 Å². The van der Waals surface area contributed by atoms with E-state index in [2.05, 4.69) is 17.1 Å². The Morgan fingerprint density at radius 3 is 2.29 bits per heavy atom. The van der Waals surface area contributed by atoms with Crippen LogP contribution in [0, 0.1) is 0 Å². The zero-order valence-corrected chi connectivity index (χ0v) is 14.4. The van der Waals surface area contributed by atoms with Crippen molar-refractivity contribution in [1.29, 1.82) is 0 Å². The minimum absolute atomic E-state index is 0.120. The predicted molar refractivity (Wildman–Crippen MR) is 87.5 cm³/mol. The van der Waals surface area contributed by atoms with Crippen molar-refractivity contribution in [1.82, 2.24) is 10.2 Å². The highest BCUT2D eigenvalue weighted by Crippen LogP contribution is 2.21. The van der Waals surface area contributed by atoms with Crippen LogP contribution in [0.5, 0.6) is 0 Å². The van der Waals surface area contributed by atoms with E-state index in [1.54, 1.807) is 0 Å². The van der Waals surface area contributed by atoms with Gasteiger partial charge in [0.1, 0.15) is 5.54 Å². The molecule has 2 unspecified atom stereocenters. The van der Waals surface area contributed by atoms with Crippen LogP contribution in [-0.2, 0) is 9.53 Å². The second-order valence-corrected chi connectivity index (χ2v) is 6.44. The van der Waals surface area contributed by atoms with Gasteiger partial charge in [-0.1, -0.05) is 26.2 Å². The summed E-state index contributed by atoms with van der Waals surface area (Å²) in [4.78, 5) is 14.8. The number of carbonyl (C=O) groups excluding carboxylic acids is 1. The van der Waals surface area contributed by atoms with Crippen molar-refractivity contribution in [3.8, 4) is 0 Å². The van der Waals surface area contributed by atoms with E-state index in [1.807, 2.05) is 20.8 Å². The topological polar surface area (TPSA) is 41.6 Å². The highest BCUT2D eigenvalue weighted by Gasteiger charge is 2.36. The van der Waals surface area contributed by atoms with Gasteiger partial charge in [-0.05, 0) is 59.7 Å². The van der Waals surface area contributed by atoms with E-state index in [0.717, 1.165) is 26.1 Å². The van der Waals surface area contributed by atoms with Gasteiger partial charge in [-0.3, -0.25) is 4.79 Å². The number of likely N-dealkylation sites (tertiary alicyclic amines) is 1. The molecule has 21 heavy (non-hydrogen) atoms. The average Bonchev–Trinajstić information content (AvgIpc) is 2.38. The molecule has 1 rings (SSSR count). The Kier molecular flexibility index (Phi) is 8.27. The van der Waals surface area contributed by atoms with Crippen molar-refractivity contribution in [2.45, 2.75) is 77.8 Å². The van der Waals surface area contributed by atoms with E-state index < -0.39 is 5.54 Å². The minimum atomic E-state index is -0.577. The maximum atomic E-state index is 12.3. The van der Waals surface area contributed by atoms with Crippen molar-refractivity contribution in [2.24, 2.45) is 0 Å². The molecule has 1 heterocycles. The SMILES string of the molecule is CCNC(C)(CC(C)N1CCCCCCC1)C(=O)OCC. The van der Waals surface area contributed by atoms with Gasteiger partial charge >= 0.3 is 5.97 Å². The zero-order chi connectivity index (χ0) is 15.7. The number of nitrogens with zero attached hydrogens (tertiary/aromatic N) is 1. The molecule has 2 atom stereocenters. The van der Waals surface area contributed by atoms with E-state index in [1.165, 1.54) is 32.1 Å². The molecule has 1 saturated heterocycles. The lowest BCUT2D eigenvalue weighted by Crippen LogP contribution is -2.54. The van der Waals surface area contributed by atoms with Crippen LogP contribution in [0.4, 0.5) is 0 Å². The molecule has 4 nitrogen and oxygen atoms in total. The number of nitrogens with one attached hydrogen (secondary N) is 1. The quantitative estimate of drug-likeness (QED) is 0.734. The number of ether oxygens (including phenoxy) is 1.